The minimum absolute atomic E-state index is 0.142. The summed E-state index contributed by atoms with van der Waals surface area (Å²) in [6.45, 7) is 1.99. The minimum Gasteiger partial charge on any atom is -0.335 e. The standard InChI is InChI=1S/C18H15ClN2O2/c1-12-16(11-22)15-4-2-3-5-17(15)21(12)10-18(23)20-14-8-6-13(19)7-9-14/h2-9,11H,10H2,1H3,(H,20,23). The molecule has 1 N–H and O–H groups in total. The highest BCUT2D eigenvalue weighted by Crippen LogP contribution is 2.24. The normalized spacial score (nSPS) is 10.7. The van der Waals surface area contributed by atoms with Crippen molar-refractivity contribution in [3.05, 3.63) is 64.8 Å². The molecule has 4 nitrogen and oxygen atoms in total. The van der Waals surface area contributed by atoms with Crippen LogP contribution in [0.1, 0.15) is 16.1 Å². The molecule has 2 aromatic carbocycles. The van der Waals surface area contributed by atoms with Gasteiger partial charge in [-0.05, 0) is 37.3 Å². The van der Waals surface area contributed by atoms with Crippen LogP contribution in [-0.2, 0) is 11.3 Å². The number of hydrogen-bond acceptors (Lipinski definition) is 2. The number of para-hydroxylation sites is 1. The number of benzene rings is 2. The van der Waals surface area contributed by atoms with Crippen LogP contribution in [0, 0.1) is 6.92 Å². The van der Waals surface area contributed by atoms with Gasteiger partial charge in [0.15, 0.2) is 6.29 Å². The van der Waals surface area contributed by atoms with Crippen molar-refractivity contribution in [3.63, 3.8) is 0 Å². The van der Waals surface area contributed by atoms with Gasteiger partial charge in [0.2, 0.25) is 5.91 Å². The molecule has 0 saturated carbocycles. The van der Waals surface area contributed by atoms with Gasteiger partial charge in [0.1, 0.15) is 6.54 Å². The van der Waals surface area contributed by atoms with Crippen LogP contribution in [0.3, 0.4) is 0 Å². The maximum Gasteiger partial charge on any atom is 0.244 e. The van der Waals surface area contributed by atoms with Crippen LogP contribution in [0.2, 0.25) is 5.02 Å². The maximum atomic E-state index is 12.3. The molecular formula is C18H15ClN2O2. The van der Waals surface area contributed by atoms with Crippen molar-refractivity contribution < 1.29 is 9.59 Å². The van der Waals surface area contributed by atoms with Crippen LogP contribution in [0.4, 0.5) is 5.69 Å². The number of amides is 1. The van der Waals surface area contributed by atoms with E-state index in [1.807, 2.05) is 35.8 Å². The van der Waals surface area contributed by atoms with E-state index in [-0.39, 0.29) is 12.5 Å². The monoisotopic (exact) mass is 326 g/mol. The Morgan fingerprint density at radius 1 is 1.17 bits per heavy atom. The first-order chi connectivity index (χ1) is 11.1. The topological polar surface area (TPSA) is 51.1 Å². The molecule has 0 unspecified atom stereocenters. The number of aromatic nitrogens is 1. The minimum atomic E-state index is -0.159. The number of carbonyl (C=O) groups excluding carboxylic acids is 2. The van der Waals surface area contributed by atoms with Gasteiger partial charge in [-0.25, -0.2) is 0 Å². The molecule has 0 fully saturated rings. The molecule has 0 radical (unpaired) electrons. The highest BCUT2D eigenvalue weighted by molar-refractivity contribution is 6.30. The van der Waals surface area contributed by atoms with E-state index in [9.17, 15) is 9.59 Å². The summed E-state index contributed by atoms with van der Waals surface area (Å²) in [7, 11) is 0. The molecule has 3 aromatic rings. The van der Waals surface area contributed by atoms with E-state index in [4.69, 9.17) is 11.6 Å². The van der Waals surface area contributed by atoms with Gasteiger partial charge < -0.3 is 9.88 Å². The smallest absolute Gasteiger partial charge is 0.244 e. The first-order valence-electron chi connectivity index (χ1n) is 7.18. The molecule has 0 aliphatic rings. The molecule has 0 atom stereocenters. The van der Waals surface area contributed by atoms with Crippen molar-refractivity contribution in [2.45, 2.75) is 13.5 Å². The van der Waals surface area contributed by atoms with Crippen LogP contribution in [-0.4, -0.2) is 16.8 Å². The fourth-order valence-corrected chi connectivity index (χ4v) is 2.81. The van der Waals surface area contributed by atoms with Gasteiger partial charge in [-0.2, -0.15) is 0 Å². The van der Waals surface area contributed by atoms with Crippen molar-refractivity contribution in [1.82, 2.24) is 4.57 Å². The molecule has 0 aliphatic heterocycles. The maximum absolute atomic E-state index is 12.3. The third kappa shape index (κ3) is 2.98. The van der Waals surface area contributed by atoms with Gasteiger partial charge >= 0.3 is 0 Å². The quantitative estimate of drug-likeness (QED) is 0.735. The SMILES string of the molecule is Cc1c(C=O)c2ccccc2n1CC(=O)Nc1ccc(Cl)cc1. The Balaban J connectivity index is 1.89. The summed E-state index contributed by atoms with van der Waals surface area (Å²) in [4.78, 5) is 23.6. The van der Waals surface area contributed by atoms with Crippen LogP contribution in [0.15, 0.2) is 48.5 Å². The van der Waals surface area contributed by atoms with E-state index in [2.05, 4.69) is 5.32 Å². The van der Waals surface area contributed by atoms with Crippen LogP contribution in [0.25, 0.3) is 10.9 Å². The highest BCUT2D eigenvalue weighted by Gasteiger charge is 2.15. The van der Waals surface area contributed by atoms with Crippen molar-refractivity contribution in [1.29, 1.82) is 0 Å². The Hall–Kier alpha value is -2.59. The van der Waals surface area contributed by atoms with Gasteiger partial charge in [-0.15, -0.1) is 0 Å². The lowest BCUT2D eigenvalue weighted by atomic mass is 10.1. The summed E-state index contributed by atoms with van der Waals surface area (Å²) in [5.74, 6) is -0.159. The van der Waals surface area contributed by atoms with Gasteiger partial charge in [0, 0.05) is 32.9 Å². The predicted octanol–water partition coefficient (Wildman–Crippen LogP) is 4.05. The molecule has 0 spiro atoms. The zero-order valence-electron chi connectivity index (χ0n) is 12.5. The summed E-state index contributed by atoms with van der Waals surface area (Å²) in [5, 5.41) is 4.31. The zero-order chi connectivity index (χ0) is 16.4. The Kier molecular flexibility index (Phi) is 4.17. The van der Waals surface area contributed by atoms with Crippen LogP contribution < -0.4 is 5.32 Å². The van der Waals surface area contributed by atoms with Crippen LogP contribution in [0.5, 0.6) is 0 Å². The second kappa shape index (κ2) is 6.26. The Morgan fingerprint density at radius 3 is 2.57 bits per heavy atom. The number of fused-ring (bicyclic) bond motifs is 1. The molecule has 1 amide bonds. The fraction of sp³-hybridized carbons (Fsp3) is 0.111. The van der Waals surface area contributed by atoms with Crippen molar-refractivity contribution in [2.75, 3.05) is 5.32 Å². The summed E-state index contributed by atoms with van der Waals surface area (Å²) in [6, 6.07) is 14.5. The third-order valence-corrected chi connectivity index (χ3v) is 4.08. The number of halogens is 1. The molecule has 5 heteroatoms. The number of anilines is 1. The van der Waals surface area contributed by atoms with E-state index in [0.29, 0.717) is 16.3 Å². The second-order valence-corrected chi connectivity index (χ2v) is 5.71. The number of carbonyl (C=O) groups is 2. The average Bonchev–Trinajstić information content (AvgIpc) is 2.81. The van der Waals surface area contributed by atoms with E-state index >= 15 is 0 Å². The van der Waals surface area contributed by atoms with E-state index in [0.717, 1.165) is 22.9 Å². The molecule has 1 heterocycles. The van der Waals surface area contributed by atoms with Gasteiger partial charge in [0.05, 0.1) is 0 Å². The van der Waals surface area contributed by atoms with E-state index in [1.165, 1.54) is 0 Å². The molecule has 0 aliphatic carbocycles. The molecule has 0 bridgehead atoms. The van der Waals surface area contributed by atoms with Gasteiger partial charge in [0.25, 0.3) is 0 Å². The highest BCUT2D eigenvalue weighted by atomic mass is 35.5. The predicted molar refractivity (Wildman–Crippen MR) is 92.1 cm³/mol. The van der Waals surface area contributed by atoms with Crippen LogP contribution >= 0.6 is 11.6 Å². The molecule has 23 heavy (non-hydrogen) atoms. The molecule has 3 rings (SSSR count). The summed E-state index contributed by atoms with van der Waals surface area (Å²) in [6.07, 6.45) is 0.839. The van der Waals surface area contributed by atoms with Crippen molar-refractivity contribution in [3.8, 4) is 0 Å². The zero-order valence-corrected chi connectivity index (χ0v) is 13.3. The number of aldehydes is 1. The lowest BCUT2D eigenvalue weighted by Crippen LogP contribution is -2.19. The number of rotatable bonds is 4. The number of nitrogens with one attached hydrogen (secondary N) is 1. The lowest BCUT2D eigenvalue weighted by molar-refractivity contribution is -0.116. The largest absolute Gasteiger partial charge is 0.335 e. The average molecular weight is 327 g/mol. The number of hydrogen-bond donors (Lipinski definition) is 1. The number of nitrogens with zero attached hydrogens (tertiary/aromatic N) is 1. The summed E-state index contributed by atoms with van der Waals surface area (Å²) in [5.41, 5.74) is 2.97. The van der Waals surface area contributed by atoms with Crippen molar-refractivity contribution in [2.24, 2.45) is 0 Å². The second-order valence-electron chi connectivity index (χ2n) is 5.28. The van der Waals surface area contributed by atoms with Gasteiger partial charge in [-0.3, -0.25) is 9.59 Å². The first kappa shape index (κ1) is 15.3. The molecule has 1 aromatic heterocycles. The Bertz CT molecular complexity index is 882. The van der Waals surface area contributed by atoms with E-state index < -0.39 is 0 Å². The first-order valence-corrected chi connectivity index (χ1v) is 7.56. The third-order valence-electron chi connectivity index (χ3n) is 3.83. The Morgan fingerprint density at radius 2 is 1.87 bits per heavy atom. The van der Waals surface area contributed by atoms with Gasteiger partial charge in [-0.1, -0.05) is 29.8 Å². The molecular weight excluding hydrogens is 312 g/mol. The summed E-state index contributed by atoms with van der Waals surface area (Å²) < 4.78 is 1.85. The summed E-state index contributed by atoms with van der Waals surface area (Å²) >= 11 is 5.83. The van der Waals surface area contributed by atoms with E-state index in [1.54, 1.807) is 24.3 Å². The lowest BCUT2D eigenvalue weighted by Gasteiger charge is -2.09. The molecule has 116 valence electrons. The molecule has 0 saturated heterocycles. The Labute approximate surface area is 138 Å². The fourth-order valence-electron chi connectivity index (χ4n) is 2.69. The van der Waals surface area contributed by atoms with Crippen molar-refractivity contribution >= 4 is 40.4 Å².